The molecule has 3 fully saturated rings. The van der Waals surface area contributed by atoms with Gasteiger partial charge in [0.1, 0.15) is 5.82 Å². The van der Waals surface area contributed by atoms with Crippen molar-refractivity contribution in [2.24, 2.45) is 0 Å². The van der Waals surface area contributed by atoms with Crippen LogP contribution in [0.5, 0.6) is 0 Å². The predicted molar refractivity (Wildman–Crippen MR) is 122 cm³/mol. The van der Waals surface area contributed by atoms with Crippen LogP contribution in [0.2, 0.25) is 0 Å². The van der Waals surface area contributed by atoms with Gasteiger partial charge in [0.25, 0.3) is 0 Å². The quantitative estimate of drug-likeness (QED) is 0.629. The molecule has 1 aromatic carbocycles. The van der Waals surface area contributed by atoms with Gasteiger partial charge >= 0.3 is 6.09 Å². The van der Waals surface area contributed by atoms with Crippen molar-refractivity contribution in [2.75, 3.05) is 31.1 Å². The third-order valence-electron chi connectivity index (χ3n) is 7.54. The highest BCUT2D eigenvalue weighted by Crippen LogP contribution is 2.39. The third kappa shape index (κ3) is 4.92. The van der Waals surface area contributed by atoms with Crippen LogP contribution in [0.3, 0.4) is 0 Å². The number of rotatable bonds is 7. The van der Waals surface area contributed by atoms with Gasteiger partial charge < -0.3 is 19.4 Å². The zero-order valence-electron chi connectivity index (χ0n) is 19.3. The lowest BCUT2D eigenvalue weighted by atomic mass is 9.93. The highest BCUT2D eigenvalue weighted by atomic mass is 19.1. The molecule has 0 aromatic heterocycles. The minimum Gasteiger partial charge on any atom is -0.450 e. The molecule has 0 radical (unpaired) electrons. The second-order valence-electron chi connectivity index (χ2n) is 9.38. The fourth-order valence-corrected chi connectivity index (χ4v) is 5.87. The monoisotopic (exact) mass is 445 g/mol. The van der Waals surface area contributed by atoms with E-state index in [9.17, 15) is 14.0 Å². The average molecular weight is 446 g/mol. The molecule has 0 N–H and O–H groups in total. The molecule has 3 saturated heterocycles. The Labute approximate surface area is 190 Å². The van der Waals surface area contributed by atoms with Gasteiger partial charge in [0.2, 0.25) is 0 Å². The summed E-state index contributed by atoms with van der Waals surface area (Å²) in [6.07, 6.45) is 6.54. The molecule has 176 valence electrons. The molecule has 0 saturated carbocycles. The number of ether oxygens (including phenoxy) is 1. The molecule has 6 nitrogen and oxygen atoms in total. The molecular formula is C25H36FN3O3. The highest BCUT2D eigenvalue weighted by molar-refractivity contribution is 5.83. The molecule has 1 amide bonds. The van der Waals surface area contributed by atoms with Gasteiger partial charge in [0.05, 0.1) is 13.2 Å². The second-order valence-corrected chi connectivity index (χ2v) is 9.38. The lowest BCUT2D eigenvalue weighted by Gasteiger charge is -2.46. The lowest BCUT2D eigenvalue weighted by Crippen LogP contribution is -2.55. The summed E-state index contributed by atoms with van der Waals surface area (Å²) in [6, 6.07) is 7.91. The predicted octanol–water partition coefficient (Wildman–Crippen LogP) is 4.23. The van der Waals surface area contributed by atoms with Gasteiger partial charge in [-0.05, 0) is 69.7 Å². The van der Waals surface area contributed by atoms with Gasteiger partial charge in [-0.1, -0.05) is 6.92 Å². The number of anilines is 1. The minimum absolute atomic E-state index is 0.146. The fourth-order valence-electron chi connectivity index (χ4n) is 5.87. The number of nitrogens with zero attached hydrogens (tertiary/aromatic N) is 3. The first-order valence-corrected chi connectivity index (χ1v) is 12.2. The minimum atomic E-state index is -0.255. The molecule has 3 heterocycles. The first-order chi connectivity index (χ1) is 15.5. The molecule has 1 aromatic rings. The number of ketones is 1. The number of benzene rings is 1. The molecule has 32 heavy (non-hydrogen) atoms. The molecule has 0 aliphatic carbocycles. The molecule has 3 aliphatic rings. The summed E-state index contributed by atoms with van der Waals surface area (Å²) in [5, 5.41) is 0. The van der Waals surface area contributed by atoms with Crippen molar-refractivity contribution in [2.45, 2.75) is 83.0 Å². The average Bonchev–Trinajstić information content (AvgIpc) is 3.08. The van der Waals surface area contributed by atoms with Gasteiger partial charge in [-0.2, -0.15) is 0 Å². The first kappa shape index (κ1) is 23.0. The summed E-state index contributed by atoms with van der Waals surface area (Å²) in [6.45, 7) is 6.55. The van der Waals surface area contributed by atoms with E-state index in [1.807, 2.05) is 18.7 Å². The Kier molecular flexibility index (Phi) is 7.33. The van der Waals surface area contributed by atoms with Gasteiger partial charge in [0.15, 0.2) is 5.78 Å². The van der Waals surface area contributed by atoms with Gasteiger partial charge in [-0.25, -0.2) is 9.18 Å². The number of carbonyl (C=O) groups excluding carboxylic acids is 2. The maximum absolute atomic E-state index is 13.4. The molecule has 3 aliphatic heterocycles. The molecular weight excluding hydrogens is 409 g/mol. The summed E-state index contributed by atoms with van der Waals surface area (Å²) >= 11 is 0. The smallest absolute Gasteiger partial charge is 0.410 e. The zero-order chi connectivity index (χ0) is 22.7. The van der Waals surface area contributed by atoms with Crippen LogP contribution in [0.25, 0.3) is 0 Å². The summed E-state index contributed by atoms with van der Waals surface area (Å²) in [4.78, 5) is 31.4. The summed E-state index contributed by atoms with van der Waals surface area (Å²) in [5.41, 5.74) is 0.924. The van der Waals surface area contributed by atoms with E-state index in [1.54, 1.807) is 12.1 Å². The Balaban J connectivity index is 1.37. The molecule has 2 atom stereocenters. The van der Waals surface area contributed by atoms with Crippen molar-refractivity contribution in [3.63, 3.8) is 0 Å². The van der Waals surface area contributed by atoms with Crippen LogP contribution in [0.15, 0.2) is 24.3 Å². The first-order valence-electron chi connectivity index (χ1n) is 12.2. The maximum atomic E-state index is 13.4. The van der Waals surface area contributed by atoms with Crippen LogP contribution in [0.1, 0.15) is 58.8 Å². The Morgan fingerprint density at radius 3 is 2.19 bits per heavy atom. The number of Topliss-reactive ketones (excluding diaryl/α,β-unsaturated/α-hetero) is 1. The second kappa shape index (κ2) is 10.2. The summed E-state index contributed by atoms with van der Waals surface area (Å²) in [5.74, 6) is -0.0474. The van der Waals surface area contributed by atoms with Crippen LogP contribution in [-0.4, -0.2) is 72.1 Å². The highest BCUT2D eigenvalue weighted by Gasteiger charge is 2.45. The Bertz CT molecular complexity index is 780. The van der Waals surface area contributed by atoms with Crippen LogP contribution in [0.4, 0.5) is 14.9 Å². The van der Waals surface area contributed by atoms with Crippen LogP contribution in [0, 0.1) is 5.82 Å². The number of hydrogen-bond acceptors (Lipinski definition) is 5. The van der Waals surface area contributed by atoms with Crippen molar-refractivity contribution in [1.82, 2.24) is 9.80 Å². The van der Waals surface area contributed by atoms with Crippen molar-refractivity contribution in [3.8, 4) is 0 Å². The van der Waals surface area contributed by atoms with E-state index in [4.69, 9.17) is 4.74 Å². The molecule has 7 heteroatoms. The van der Waals surface area contributed by atoms with E-state index in [-0.39, 0.29) is 23.7 Å². The number of carbonyl (C=O) groups is 2. The SMILES string of the molecule is CCOC(=O)N1C2CCC1CC(N1CCC(N(CC(=O)CC)c3ccc(F)cc3)CC1)C2. The van der Waals surface area contributed by atoms with Crippen LogP contribution >= 0.6 is 0 Å². The Morgan fingerprint density at radius 2 is 1.62 bits per heavy atom. The van der Waals surface area contributed by atoms with Crippen molar-refractivity contribution >= 4 is 17.6 Å². The fraction of sp³-hybridized carbons (Fsp3) is 0.680. The van der Waals surface area contributed by atoms with E-state index >= 15 is 0 Å². The van der Waals surface area contributed by atoms with Gasteiger partial charge in [-0.15, -0.1) is 0 Å². The van der Waals surface area contributed by atoms with Gasteiger partial charge in [0, 0.05) is 49.4 Å². The normalized spacial score (nSPS) is 26.2. The van der Waals surface area contributed by atoms with Crippen LogP contribution in [-0.2, 0) is 9.53 Å². The number of amides is 1. The largest absolute Gasteiger partial charge is 0.450 e. The number of fused-ring (bicyclic) bond motifs is 2. The summed E-state index contributed by atoms with van der Waals surface area (Å²) in [7, 11) is 0. The van der Waals surface area contributed by atoms with E-state index < -0.39 is 0 Å². The number of halogens is 1. The standard InChI is InChI=1S/C25H36FN3O3/c1-3-24(30)17-28(19-7-5-18(26)6-8-19)20-11-13-27(14-12-20)23-15-21-9-10-22(16-23)29(21)25(31)32-4-2/h5-8,20-23H,3-4,9-17H2,1-2H3. The van der Waals surface area contributed by atoms with Crippen molar-refractivity contribution < 1.29 is 18.7 Å². The molecule has 0 spiro atoms. The van der Waals surface area contributed by atoms with Crippen molar-refractivity contribution in [1.29, 1.82) is 0 Å². The van der Waals surface area contributed by atoms with E-state index in [2.05, 4.69) is 9.80 Å². The number of likely N-dealkylation sites (tertiary alicyclic amines) is 1. The lowest BCUT2D eigenvalue weighted by molar-refractivity contribution is -0.117. The van der Waals surface area contributed by atoms with E-state index in [0.717, 1.165) is 57.3 Å². The maximum Gasteiger partial charge on any atom is 0.410 e. The number of piperidine rings is 2. The van der Waals surface area contributed by atoms with Gasteiger partial charge in [-0.3, -0.25) is 4.79 Å². The number of hydrogen-bond donors (Lipinski definition) is 0. The van der Waals surface area contributed by atoms with Crippen LogP contribution < -0.4 is 4.90 Å². The molecule has 2 unspecified atom stereocenters. The van der Waals surface area contributed by atoms with E-state index in [1.165, 1.54) is 12.1 Å². The Hall–Kier alpha value is -2.15. The van der Waals surface area contributed by atoms with E-state index in [0.29, 0.717) is 37.7 Å². The van der Waals surface area contributed by atoms with Crippen molar-refractivity contribution in [3.05, 3.63) is 30.1 Å². The molecule has 4 rings (SSSR count). The Morgan fingerprint density at radius 1 is 1.00 bits per heavy atom. The zero-order valence-corrected chi connectivity index (χ0v) is 19.3. The third-order valence-corrected chi connectivity index (χ3v) is 7.54. The summed E-state index contributed by atoms with van der Waals surface area (Å²) < 4.78 is 18.7. The topological polar surface area (TPSA) is 53.1 Å². The molecule has 2 bridgehead atoms.